The van der Waals surface area contributed by atoms with Crippen molar-refractivity contribution in [1.82, 2.24) is 0 Å². The van der Waals surface area contributed by atoms with E-state index in [1.54, 1.807) is 0 Å². The van der Waals surface area contributed by atoms with Gasteiger partial charge in [-0.2, -0.15) is 0 Å². The highest BCUT2D eigenvalue weighted by Crippen LogP contribution is 2.40. The molecule has 5 rings (SSSR count). The molecule has 5 heteroatoms. The summed E-state index contributed by atoms with van der Waals surface area (Å²) in [6.45, 7) is 2.66. The van der Waals surface area contributed by atoms with Crippen LogP contribution in [0.2, 0.25) is 0 Å². The Morgan fingerprint density at radius 3 is 2.30 bits per heavy atom. The first kappa shape index (κ1) is 25.1. The van der Waals surface area contributed by atoms with Gasteiger partial charge in [-0.25, -0.2) is 0 Å². The predicted molar refractivity (Wildman–Crippen MR) is 146 cm³/mol. The third kappa shape index (κ3) is 5.87. The van der Waals surface area contributed by atoms with E-state index >= 15 is 0 Å². The fraction of sp³-hybridized carbons (Fsp3) is 0.375. The quantitative estimate of drug-likeness (QED) is 0.388. The lowest BCUT2D eigenvalue weighted by atomic mass is 9.77. The van der Waals surface area contributed by atoms with Gasteiger partial charge in [0.25, 0.3) is 0 Å². The van der Waals surface area contributed by atoms with Crippen LogP contribution in [0.15, 0.2) is 72.8 Å². The SMILES string of the molecule is CCC1CN(C(=O)Cc2ccccc2)c2ccc(-c3ccc([C@H]4CC[C@H](CC(=O)O)CC4)cc3)cc2O1. The van der Waals surface area contributed by atoms with Crippen molar-refractivity contribution in [2.45, 2.75) is 63.9 Å². The lowest BCUT2D eigenvalue weighted by molar-refractivity contribution is -0.138. The Kier molecular flexibility index (Phi) is 7.59. The van der Waals surface area contributed by atoms with Crippen LogP contribution >= 0.6 is 0 Å². The van der Waals surface area contributed by atoms with Gasteiger partial charge in [0.1, 0.15) is 11.9 Å². The number of aliphatic carboxylic acids is 1. The molecule has 1 heterocycles. The number of carboxylic acids is 1. The average molecular weight is 498 g/mol. The summed E-state index contributed by atoms with van der Waals surface area (Å²) in [5.41, 5.74) is 5.37. The highest BCUT2D eigenvalue weighted by molar-refractivity contribution is 5.97. The van der Waals surface area contributed by atoms with E-state index in [0.717, 1.165) is 60.2 Å². The Labute approximate surface area is 219 Å². The summed E-state index contributed by atoms with van der Waals surface area (Å²) in [4.78, 5) is 26.1. The molecule has 1 atom stereocenters. The molecule has 0 saturated heterocycles. The zero-order chi connectivity index (χ0) is 25.8. The third-order valence-electron chi connectivity index (χ3n) is 7.91. The van der Waals surface area contributed by atoms with E-state index in [-0.39, 0.29) is 12.0 Å². The zero-order valence-electron chi connectivity index (χ0n) is 21.4. The van der Waals surface area contributed by atoms with Crippen LogP contribution in [0, 0.1) is 5.92 Å². The van der Waals surface area contributed by atoms with Crippen molar-refractivity contribution < 1.29 is 19.4 Å². The summed E-state index contributed by atoms with van der Waals surface area (Å²) >= 11 is 0. The van der Waals surface area contributed by atoms with Crippen LogP contribution < -0.4 is 9.64 Å². The molecule has 1 saturated carbocycles. The Morgan fingerprint density at radius 2 is 1.62 bits per heavy atom. The molecule has 3 aromatic carbocycles. The minimum Gasteiger partial charge on any atom is -0.486 e. The van der Waals surface area contributed by atoms with E-state index in [1.165, 1.54) is 5.56 Å². The maximum absolute atomic E-state index is 13.2. The maximum Gasteiger partial charge on any atom is 0.303 e. The average Bonchev–Trinajstić information content (AvgIpc) is 2.93. The molecule has 37 heavy (non-hydrogen) atoms. The molecule has 1 N–H and O–H groups in total. The van der Waals surface area contributed by atoms with Crippen molar-refractivity contribution in [3.05, 3.63) is 83.9 Å². The Balaban J connectivity index is 1.31. The summed E-state index contributed by atoms with van der Waals surface area (Å²) in [6, 6.07) is 24.8. The van der Waals surface area contributed by atoms with Crippen molar-refractivity contribution >= 4 is 17.6 Å². The molecule has 1 aliphatic heterocycles. The Morgan fingerprint density at radius 1 is 0.919 bits per heavy atom. The molecule has 2 aliphatic rings. The van der Waals surface area contributed by atoms with Gasteiger partial charge in [-0.3, -0.25) is 9.59 Å². The van der Waals surface area contributed by atoms with E-state index in [2.05, 4.69) is 43.3 Å². The highest BCUT2D eigenvalue weighted by Gasteiger charge is 2.29. The molecule has 1 unspecified atom stereocenters. The monoisotopic (exact) mass is 497 g/mol. The standard InChI is InChI=1S/C32H35NO4/c1-2-28-21-33(31(34)18-22-6-4-3-5-7-22)29-17-16-27(20-30(29)37-28)26-14-12-25(13-15-26)24-10-8-23(9-11-24)19-32(35)36/h3-7,12-17,20,23-24,28H,2,8-11,18-19,21H2,1H3,(H,35,36)/t23-,24-,28?. The first-order chi connectivity index (χ1) is 18.0. The van der Waals surface area contributed by atoms with Crippen LogP contribution in [0.25, 0.3) is 11.1 Å². The number of rotatable bonds is 7. The highest BCUT2D eigenvalue weighted by atomic mass is 16.5. The minimum atomic E-state index is -0.684. The second kappa shape index (κ2) is 11.2. The largest absolute Gasteiger partial charge is 0.486 e. The predicted octanol–water partition coefficient (Wildman–Crippen LogP) is 6.85. The Hall–Kier alpha value is -3.60. The van der Waals surface area contributed by atoms with Gasteiger partial charge in [-0.05, 0) is 78.3 Å². The van der Waals surface area contributed by atoms with Crippen molar-refractivity contribution in [2.24, 2.45) is 5.92 Å². The van der Waals surface area contributed by atoms with Gasteiger partial charge in [0, 0.05) is 6.42 Å². The fourth-order valence-electron chi connectivity index (χ4n) is 5.74. The summed E-state index contributed by atoms with van der Waals surface area (Å²) in [6.07, 6.45) is 5.55. The molecule has 0 spiro atoms. The summed E-state index contributed by atoms with van der Waals surface area (Å²) in [5, 5.41) is 9.06. The summed E-state index contributed by atoms with van der Waals surface area (Å²) in [5.74, 6) is 0.980. The summed E-state index contributed by atoms with van der Waals surface area (Å²) < 4.78 is 6.29. The number of ether oxygens (including phenoxy) is 1. The van der Waals surface area contributed by atoms with Gasteiger partial charge in [0.2, 0.25) is 5.91 Å². The summed E-state index contributed by atoms with van der Waals surface area (Å²) in [7, 11) is 0. The van der Waals surface area contributed by atoms with Crippen LogP contribution in [0.3, 0.4) is 0 Å². The third-order valence-corrected chi connectivity index (χ3v) is 7.91. The number of carboxylic acid groups (broad SMARTS) is 1. The van der Waals surface area contributed by atoms with Crippen LogP contribution in [0.5, 0.6) is 5.75 Å². The molecule has 1 fully saturated rings. The van der Waals surface area contributed by atoms with Gasteiger partial charge in [-0.1, -0.05) is 67.6 Å². The topological polar surface area (TPSA) is 66.8 Å². The maximum atomic E-state index is 13.2. The number of hydrogen-bond donors (Lipinski definition) is 1. The molecule has 0 radical (unpaired) electrons. The van der Waals surface area contributed by atoms with Gasteiger partial charge in [0.05, 0.1) is 18.7 Å². The molecule has 0 bridgehead atoms. The van der Waals surface area contributed by atoms with Gasteiger partial charge in [0.15, 0.2) is 0 Å². The van der Waals surface area contributed by atoms with Crippen molar-refractivity contribution in [1.29, 1.82) is 0 Å². The van der Waals surface area contributed by atoms with E-state index in [0.29, 0.717) is 31.2 Å². The fourth-order valence-corrected chi connectivity index (χ4v) is 5.74. The molecule has 192 valence electrons. The number of hydrogen-bond acceptors (Lipinski definition) is 3. The number of carbonyl (C=O) groups is 2. The molecule has 1 amide bonds. The van der Waals surface area contributed by atoms with Crippen LogP contribution in [0.4, 0.5) is 5.69 Å². The molecular weight excluding hydrogens is 462 g/mol. The van der Waals surface area contributed by atoms with Crippen LogP contribution in [-0.4, -0.2) is 29.6 Å². The first-order valence-corrected chi connectivity index (χ1v) is 13.5. The molecular formula is C32H35NO4. The zero-order valence-corrected chi connectivity index (χ0v) is 21.4. The second-order valence-corrected chi connectivity index (χ2v) is 10.4. The number of amides is 1. The molecule has 5 nitrogen and oxygen atoms in total. The number of nitrogens with zero attached hydrogens (tertiary/aromatic N) is 1. The van der Waals surface area contributed by atoms with Crippen LogP contribution in [-0.2, 0) is 16.0 Å². The minimum absolute atomic E-state index is 0.0268. The molecule has 0 aromatic heterocycles. The van der Waals surface area contributed by atoms with Crippen molar-refractivity contribution in [2.75, 3.05) is 11.4 Å². The van der Waals surface area contributed by atoms with Gasteiger partial charge in [-0.15, -0.1) is 0 Å². The van der Waals surface area contributed by atoms with E-state index in [1.807, 2.05) is 41.3 Å². The van der Waals surface area contributed by atoms with Crippen LogP contribution in [0.1, 0.15) is 62.5 Å². The normalized spacial score (nSPS) is 21.1. The van der Waals surface area contributed by atoms with E-state index in [4.69, 9.17) is 9.84 Å². The molecule has 3 aromatic rings. The number of anilines is 1. The van der Waals surface area contributed by atoms with E-state index in [9.17, 15) is 9.59 Å². The van der Waals surface area contributed by atoms with Gasteiger partial charge < -0.3 is 14.7 Å². The number of carbonyl (C=O) groups excluding carboxylic acids is 1. The first-order valence-electron chi connectivity index (χ1n) is 13.5. The van der Waals surface area contributed by atoms with Crippen molar-refractivity contribution in [3.8, 4) is 16.9 Å². The number of benzene rings is 3. The Bertz CT molecular complexity index is 1230. The lowest BCUT2D eigenvalue weighted by Gasteiger charge is -2.35. The smallest absolute Gasteiger partial charge is 0.303 e. The lowest BCUT2D eigenvalue weighted by Crippen LogP contribution is -2.44. The number of fused-ring (bicyclic) bond motifs is 1. The van der Waals surface area contributed by atoms with Gasteiger partial charge >= 0.3 is 5.97 Å². The molecule has 1 aliphatic carbocycles. The second-order valence-electron chi connectivity index (χ2n) is 10.4. The van der Waals surface area contributed by atoms with Crippen molar-refractivity contribution in [3.63, 3.8) is 0 Å². The van der Waals surface area contributed by atoms with E-state index < -0.39 is 5.97 Å².